The quantitative estimate of drug-likeness (QED) is 0.623. The smallest absolute Gasteiger partial charge is 0.282 e. The molecule has 0 aromatic heterocycles. The van der Waals surface area contributed by atoms with Gasteiger partial charge in [0.25, 0.3) is 11.6 Å². The third kappa shape index (κ3) is 2.79. The van der Waals surface area contributed by atoms with Gasteiger partial charge in [-0.1, -0.05) is 11.6 Å². The molecule has 0 atom stereocenters. The summed E-state index contributed by atoms with van der Waals surface area (Å²) < 4.78 is 0. The third-order valence-electron chi connectivity index (χ3n) is 2.96. The number of nitro benzene ring substituents is 1. The fourth-order valence-corrected chi connectivity index (χ4v) is 1.99. The van der Waals surface area contributed by atoms with Crippen LogP contribution in [-0.2, 0) is 0 Å². The zero-order chi connectivity index (χ0) is 13.3. The van der Waals surface area contributed by atoms with Crippen LogP contribution in [0.15, 0.2) is 18.2 Å². The Labute approximate surface area is 109 Å². The molecule has 2 rings (SSSR count). The summed E-state index contributed by atoms with van der Waals surface area (Å²) in [5, 5.41) is 11.2. The lowest BCUT2D eigenvalue weighted by molar-refractivity contribution is -0.385. The largest absolute Gasteiger partial charge is 0.341 e. The molecule has 0 N–H and O–H groups in total. The summed E-state index contributed by atoms with van der Waals surface area (Å²) in [6, 6.07) is 4.03. The van der Waals surface area contributed by atoms with Crippen LogP contribution in [0.1, 0.15) is 23.2 Å². The lowest BCUT2D eigenvalue weighted by atomic mass is 10.1. The molecule has 1 aromatic rings. The summed E-state index contributed by atoms with van der Waals surface area (Å²) in [6.07, 6.45) is 2.24. The molecule has 1 aliphatic rings. The molecule has 1 aromatic carbocycles. The van der Waals surface area contributed by atoms with Gasteiger partial charge in [0.15, 0.2) is 0 Å². The Morgan fingerprint density at radius 2 is 2.22 bits per heavy atom. The second-order valence-corrected chi connectivity index (χ2v) is 4.98. The summed E-state index contributed by atoms with van der Waals surface area (Å²) in [6.45, 7) is 0.641. The van der Waals surface area contributed by atoms with Crippen LogP contribution in [-0.4, -0.2) is 29.3 Å². The lowest BCUT2D eigenvalue weighted by Crippen LogP contribution is -2.29. The van der Waals surface area contributed by atoms with Crippen LogP contribution in [0.5, 0.6) is 0 Å². The molecule has 1 saturated carbocycles. The normalized spacial score (nSPS) is 14.3. The number of hydrogen-bond acceptors (Lipinski definition) is 3. The molecule has 6 heteroatoms. The zero-order valence-corrected chi connectivity index (χ0v) is 10.7. The number of halogens is 1. The molecule has 0 bridgehead atoms. The average Bonchev–Trinajstić information content (AvgIpc) is 3.11. The van der Waals surface area contributed by atoms with Gasteiger partial charge >= 0.3 is 0 Å². The maximum Gasteiger partial charge on any atom is 0.282 e. The van der Waals surface area contributed by atoms with Crippen molar-refractivity contribution in [3.63, 3.8) is 0 Å². The van der Waals surface area contributed by atoms with Crippen molar-refractivity contribution in [1.29, 1.82) is 0 Å². The van der Waals surface area contributed by atoms with E-state index in [1.54, 1.807) is 7.05 Å². The van der Waals surface area contributed by atoms with Gasteiger partial charge in [0.2, 0.25) is 0 Å². The van der Waals surface area contributed by atoms with E-state index in [0.717, 1.165) is 12.8 Å². The number of rotatable bonds is 4. The highest BCUT2D eigenvalue weighted by Gasteiger charge is 2.28. The minimum Gasteiger partial charge on any atom is -0.341 e. The molecule has 0 spiro atoms. The van der Waals surface area contributed by atoms with Gasteiger partial charge in [-0.25, -0.2) is 0 Å². The van der Waals surface area contributed by atoms with E-state index in [4.69, 9.17) is 11.6 Å². The zero-order valence-electron chi connectivity index (χ0n) is 9.93. The highest BCUT2D eigenvalue weighted by Crippen LogP contribution is 2.30. The Bertz CT molecular complexity index is 500. The van der Waals surface area contributed by atoms with E-state index in [0.29, 0.717) is 17.5 Å². The first kappa shape index (κ1) is 12.8. The Kier molecular flexibility index (Phi) is 3.52. The van der Waals surface area contributed by atoms with Gasteiger partial charge in [-0.15, -0.1) is 0 Å². The van der Waals surface area contributed by atoms with Crippen molar-refractivity contribution < 1.29 is 9.72 Å². The van der Waals surface area contributed by atoms with Crippen molar-refractivity contribution in [2.24, 2.45) is 5.92 Å². The van der Waals surface area contributed by atoms with Gasteiger partial charge in [-0.3, -0.25) is 14.9 Å². The Morgan fingerprint density at radius 3 is 2.78 bits per heavy atom. The monoisotopic (exact) mass is 268 g/mol. The molecule has 0 saturated heterocycles. The Hall–Kier alpha value is -1.62. The molecule has 0 unspecified atom stereocenters. The van der Waals surface area contributed by atoms with Gasteiger partial charge in [-0.05, 0) is 30.9 Å². The number of nitrogens with zero attached hydrogens (tertiary/aromatic N) is 2. The summed E-state index contributed by atoms with van der Waals surface area (Å²) in [5.41, 5.74) is -0.150. The summed E-state index contributed by atoms with van der Waals surface area (Å²) in [5.74, 6) is 0.188. The summed E-state index contributed by atoms with van der Waals surface area (Å²) in [7, 11) is 1.66. The molecule has 0 radical (unpaired) electrons. The molecule has 1 amide bonds. The van der Waals surface area contributed by atoms with E-state index in [1.807, 2.05) is 0 Å². The number of amides is 1. The van der Waals surface area contributed by atoms with Crippen molar-refractivity contribution in [3.05, 3.63) is 38.9 Å². The van der Waals surface area contributed by atoms with E-state index >= 15 is 0 Å². The molecular weight excluding hydrogens is 256 g/mol. The van der Waals surface area contributed by atoms with Gasteiger partial charge in [-0.2, -0.15) is 0 Å². The van der Waals surface area contributed by atoms with Crippen LogP contribution < -0.4 is 0 Å². The first-order valence-corrected chi connectivity index (χ1v) is 6.06. The Morgan fingerprint density at radius 1 is 1.56 bits per heavy atom. The second-order valence-electron chi connectivity index (χ2n) is 4.55. The van der Waals surface area contributed by atoms with Crippen LogP contribution in [0, 0.1) is 16.0 Å². The maximum atomic E-state index is 12.1. The van der Waals surface area contributed by atoms with Crippen LogP contribution in [0.25, 0.3) is 0 Å². The molecule has 5 nitrogen and oxygen atoms in total. The third-order valence-corrected chi connectivity index (χ3v) is 3.20. The van der Waals surface area contributed by atoms with Crippen LogP contribution in [0.4, 0.5) is 5.69 Å². The molecule has 1 fully saturated rings. The highest BCUT2D eigenvalue weighted by atomic mass is 35.5. The van der Waals surface area contributed by atoms with Crippen molar-refractivity contribution in [2.75, 3.05) is 13.6 Å². The SMILES string of the molecule is CN(CC1CC1)C(=O)c1cc(Cl)ccc1[N+](=O)[O-]. The van der Waals surface area contributed by atoms with Crippen molar-refractivity contribution in [1.82, 2.24) is 4.90 Å². The number of benzene rings is 1. The number of carbonyl (C=O) groups excluding carboxylic acids is 1. The standard InChI is InChI=1S/C12H13ClN2O3/c1-14(7-8-2-3-8)12(16)10-6-9(13)4-5-11(10)15(17)18/h4-6,8H,2-3,7H2,1H3. The topological polar surface area (TPSA) is 63.5 Å². The van der Waals surface area contributed by atoms with Crippen LogP contribution in [0.2, 0.25) is 5.02 Å². The number of hydrogen-bond donors (Lipinski definition) is 0. The minimum absolute atomic E-state index is 0.0515. The second kappa shape index (κ2) is 4.94. The fraction of sp³-hybridized carbons (Fsp3) is 0.417. The molecule has 18 heavy (non-hydrogen) atoms. The molecule has 0 aliphatic heterocycles. The molecule has 96 valence electrons. The van der Waals surface area contributed by atoms with Crippen LogP contribution in [0.3, 0.4) is 0 Å². The van der Waals surface area contributed by atoms with E-state index in [-0.39, 0.29) is 17.2 Å². The van der Waals surface area contributed by atoms with Gasteiger partial charge in [0.1, 0.15) is 5.56 Å². The van der Waals surface area contributed by atoms with Crippen LogP contribution >= 0.6 is 11.6 Å². The average molecular weight is 269 g/mol. The minimum atomic E-state index is -0.561. The van der Waals surface area contributed by atoms with Gasteiger partial charge < -0.3 is 4.90 Å². The molecule has 1 aliphatic carbocycles. The van der Waals surface area contributed by atoms with Crippen molar-refractivity contribution in [2.45, 2.75) is 12.8 Å². The lowest BCUT2D eigenvalue weighted by Gasteiger charge is -2.16. The van der Waals surface area contributed by atoms with Gasteiger partial charge in [0.05, 0.1) is 4.92 Å². The fourth-order valence-electron chi connectivity index (χ4n) is 1.82. The highest BCUT2D eigenvalue weighted by molar-refractivity contribution is 6.31. The first-order valence-electron chi connectivity index (χ1n) is 5.68. The van der Waals surface area contributed by atoms with Gasteiger partial charge in [0, 0.05) is 24.7 Å². The van der Waals surface area contributed by atoms with Crippen molar-refractivity contribution in [3.8, 4) is 0 Å². The summed E-state index contributed by atoms with van der Waals surface area (Å²) in [4.78, 5) is 24.0. The molecule has 0 heterocycles. The van der Waals surface area contributed by atoms with Crippen molar-refractivity contribution >= 4 is 23.2 Å². The number of nitro groups is 1. The van der Waals surface area contributed by atoms with E-state index in [1.165, 1.54) is 23.1 Å². The predicted molar refractivity (Wildman–Crippen MR) is 67.8 cm³/mol. The number of carbonyl (C=O) groups is 1. The van der Waals surface area contributed by atoms with E-state index < -0.39 is 4.92 Å². The summed E-state index contributed by atoms with van der Waals surface area (Å²) >= 11 is 5.80. The molecular formula is C12H13ClN2O3. The van der Waals surface area contributed by atoms with E-state index in [2.05, 4.69) is 0 Å². The first-order chi connectivity index (χ1) is 8.49. The maximum absolute atomic E-state index is 12.1. The van der Waals surface area contributed by atoms with E-state index in [9.17, 15) is 14.9 Å². The predicted octanol–water partition coefficient (Wildman–Crippen LogP) is 2.73. The Balaban J connectivity index is 2.26.